The predicted molar refractivity (Wildman–Crippen MR) is 281 cm³/mol. The summed E-state index contributed by atoms with van der Waals surface area (Å²) < 4.78 is 22.8. The van der Waals surface area contributed by atoms with Crippen LogP contribution in [-0.2, 0) is 33.3 Å². The van der Waals surface area contributed by atoms with Crippen LogP contribution < -0.4 is 0 Å². The molecule has 0 aromatic heterocycles. The predicted octanol–water partition coefficient (Wildman–Crippen LogP) is 15.2. The molecule has 0 radical (unpaired) electrons. The lowest BCUT2D eigenvalue weighted by molar-refractivity contribution is -0.870. The number of allylic oxidation sites excluding steroid dienone is 14. The molecule has 0 spiro atoms. The Morgan fingerprint density at radius 2 is 0.851 bits per heavy atom. The Kier molecular flexibility index (Phi) is 46.3. The number of hydrogen-bond donors (Lipinski definition) is 1. The molecule has 2 unspecified atom stereocenters. The van der Waals surface area contributed by atoms with Crippen LogP contribution in [0.3, 0.4) is 0 Å². The van der Waals surface area contributed by atoms with Gasteiger partial charge in [0.15, 0.2) is 6.10 Å². The van der Waals surface area contributed by atoms with Crippen molar-refractivity contribution in [2.75, 3.05) is 47.5 Å². The number of hydrogen-bond acceptors (Lipinski definition) is 7. The first-order valence-corrected chi connectivity index (χ1v) is 26.8. The third-order valence-corrected chi connectivity index (χ3v) is 11.1. The fourth-order valence-electron chi connectivity index (χ4n) is 7.01. The van der Waals surface area contributed by atoms with E-state index in [2.05, 4.69) is 98.9 Å². The van der Waals surface area contributed by atoms with Crippen molar-refractivity contribution in [1.29, 1.82) is 0 Å². The molecule has 0 aliphatic heterocycles. The molecule has 1 N–H and O–H groups in total. The highest BCUT2D eigenvalue weighted by molar-refractivity contribution is 5.71. The maximum absolute atomic E-state index is 12.8. The maximum Gasteiger partial charge on any atom is 0.361 e. The van der Waals surface area contributed by atoms with Crippen molar-refractivity contribution in [3.63, 3.8) is 0 Å². The van der Waals surface area contributed by atoms with Crippen LogP contribution in [0.5, 0.6) is 0 Å². The number of aliphatic carboxylic acids is 1. The van der Waals surface area contributed by atoms with Crippen molar-refractivity contribution >= 4 is 17.9 Å². The fraction of sp³-hybridized carbons (Fsp3) is 0.707. The molecule has 0 fully saturated rings. The molecular formula is C58H100NO8+. The van der Waals surface area contributed by atoms with Gasteiger partial charge in [-0.3, -0.25) is 9.59 Å². The van der Waals surface area contributed by atoms with E-state index in [4.69, 9.17) is 18.9 Å². The summed E-state index contributed by atoms with van der Waals surface area (Å²) in [6.07, 6.45) is 60.9. The number of carbonyl (C=O) groups excluding carboxylic acids is 2. The minimum atomic E-state index is -1.53. The summed E-state index contributed by atoms with van der Waals surface area (Å²) in [5, 5.41) is 9.67. The van der Waals surface area contributed by atoms with Gasteiger partial charge >= 0.3 is 17.9 Å². The molecule has 0 saturated carbocycles. The summed E-state index contributed by atoms with van der Waals surface area (Å²) in [5.41, 5.74) is 0. The Hall–Kier alpha value is -3.53. The highest BCUT2D eigenvalue weighted by atomic mass is 16.7. The van der Waals surface area contributed by atoms with E-state index < -0.39 is 24.3 Å². The van der Waals surface area contributed by atoms with Crippen LogP contribution in [-0.4, -0.2) is 87.4 Å². The normalized spacial score (nSPS) is 13.5. The summed E-state index contributed by atoms with van der Waals surface area (Å²) in [4.78, 5) is 37.3. The third-order valence-electron chi connectivity index (χ3n) is 11.1. The number of carbonyl (C=O) groups is 3. The second-order valence-electron chi connectivity index (χ2n) is 18.8. The number of carboxylic acid groups (broad SMARTS) is 1. The topological polar surface area (TPSA) is 108 Å². The van der Waals surface area contributed by atoms with Gasteiger partial charge in [-0.15, -0.1) is 0 Å². The second kappa shape index (κ2) is 48.9. The lowest BCUT2D eigenvalue weighted by Crippen LogP contribution is -2.40. The number of likely N-dealkylation sites (N-methyl/N-ethyl adjacent to an activating group) is 1. The Labute approximate surface area is 410 Å². The van der Waals surface area contributed by atoms with Crippen LogP contribution >= 0.6 is 0 Å². The summed E-state index contributed by atoms with van der Waals surface area (Å²) in [7, 11) is 5.94. The lowest BCUT2D eigenvalue weighted by Gasteiger charge is -2.25. The van der Waals surface area contributed by atoms with Gasteiger partial charge in [-0.1, -0.05) is 189 Å². The van der Waals surface area contributed by atoms with E-state index in [1.807, 2.05) is 21.1 Å². The van der Waals surface area contributed by atoms with E-state index in [9.17, 15) is 19.5 Å². The zero-order valence-electron chi connectivity index (χ0n) is 43.5. The minimum absolute atomic E-state index is 0.175. The first-order chi connectivity index (χ1) is 32.6. The molecule has 9 heteroatoms. The van der Waals surface area contributed by atoms with Gasteiger partial charge in [-0.05, 0) is 89.9 Å². The molecule has 2 atom stereocenters. The third kappa shape index (κ3) is 50.2. The zero-order chi connectivity index (χ0) is 49.2. The van der Waals surface area contributed by atoms with E-state index in [0.29, 0.717) is 17.4 Å². The van der Waals surface area contributed by atoms with E-state index in [1.165, 1.54) is 103 Å². The van der Waals surface area contributed by atoms with Gasteiger partial charge in [-0.25, -0.2) is 4.79 Å². The number of unbranched alkanes of at least 4 members (excludes halogenated alkanes) is 19. The largest absolute Gasteiger partial charge is 0.477 e. The Morgan fingerprint density at radius 3 is 1.30 bits per heavy atom. The molecule has 0 amide bonds. The van der Waals surface area contributed by atoms with Gasteiger partial charge in [0.05, 0.1) is 34.4 Å². The molecule has 9 nitrogen and oxygen atoms in total. The van der Waals surface area contributed by atoms with Gasteiger partial charge in [0, 0.05) is 12.8 Å². The van der Waals surface area contributed by atoms with Gasteiger partial charge in [0.1, 0.15) is 13.2 Å². The highest BCUT2D eigenvalue weighted by Gasteiger charge is 2.25. The van der Waals surface area contributed by atoms with Crippen molar-refractivity contribution in [2.24, 2.45) is 0 Å². The first kappa shape index (κ1) is 63.5. The van der Waals surface area contributed by atoms with E-state index in [0.717, 1.165) is 70.6 Å². The van der Waals surface area contributed by atoms with Gasteiger partial charge in [0.25, 0.3) is 6.29 Å². The van der Waals surface area contributed by atoms with Crippen LogP contribution in [0.4, 0.5) is 0 Å². The maximum atomic E-state index is 12.8. The average Bonchev–Trinajstić information content (AvgIpc) is 3.29. The fourth-order valence-corrected chi connectivity index (χ4v) is 7.01. The number of ether oxygens (including phenoxy) is 4. The van der Waals surface area contributed by atoms with E-state index >= 15 is 0 Å². The van der Waals surface area contributed by atoms with Crippen LogP contribution in [0.25, 0.3) is 0 Å². The molecule has 0 aliphatic rings. The summed E-state index contributed by atoms with van der Waals surface area (Å²) in [6, 6.07) is 0. The SMILES string of the molecule is CC/C=C\C/C=C\C/C=C\C/C=C\CCCCC(=O)OC(COC(=O)CCCCCCCCCCCCCC/C=C\C/C=C\C/C=C\CCCCCCC)COC(OCC[N+](C)(C)C)C(=O)O. The van der Waals surface area contributed by atoms with Crippen LogP contribution in [0, 0.1) is 0 Å². The average molecular weight is 939 g/mol. The van der Waals surface area contributed by atoms with Crippen molar-refractivity contribution in [3.05, 3.63) is 85.1 Å². The zero-order valence-corrected chi connectivity index (χ0v) is 43.5. The lowest BCUT2D eigenvalue weighted by atomic mass is 10.0. The molecule has 0 bridgehead atoms. The van der Waals surface area contributed by atoms with E-state index in [-0.39, 0.29) is 38.6 Å². The Balaban J connectivity index is 4.28. The monoisotopic (exact) mass is 939 g/mol. The summed E-state index contributed by atoms with van der Waals surface area (Å²) in [5.74, 6) is -2.07. The molecule has 0 heterocycles. The summed E-state index contributed by atoms with van der Waals surface area (Å²) >= 11 is 0. The van der Waals surface area contributed by atoms with Gasteiger partial charge < -0.3 is 28.5 Å². The number of esters is 2. The van der Waals surface area contributed by atoms with Crippen LogP contribution in [0.15, 0.2) is 85.1 Å². The molecule has 0 aliphatic carbocycles. The smallest absolute Gasteiger partial charge is 0.361 e. The number of quaternary nitrogens is 1. The first-order valence-electron chi connectivity index (χ1n) is 26.8. The molecular weight excluding hydrogens is 839 g/mol. The van der Waals surface area contributed by atoms with Crippen LogP contribution in [0.2, 0.25) is 0 Å². The molecule has 384 valence electrons. The standard InChI is InChI=1S/C58H99NO8/c1-6-8-10-12-14-16-18-20-22-23-24-25-26-27-28-29-30-31-32-33-35-36-38-40-42-44-46-48-55(60)65-52-54(53-66-58(57(62)63)64-51-50-59(3,4)5)67-56(61)49-47-45-43-41-39-37-34-21-19-17-15-13-11-9-7-2/h9,11,15,17-18,20-21,23-24,26-27,34,39,41,54,58H,6-8,10,12-14,16,19,22,25,28-33,35-38,40,42-53H2,1-5H3/p+1/b11-9-,17-15-,20-18-,24-23-,27-26-,34-21-,41-39-. The Bertz CT molecular complexity index is 1370. The molecule has 67 heavy (non-hydrogen) atoms. The molecule has 0 aromatic rings. The Morgan fingerprint density at radius 1 is 0.463 bits per heavy atom. The highest BCUT2D eigenvalue weighted by Crippen LogP contribution is 2.14. The quantitative estimate of drug-likeness (QED) is 0.0211. The van der Waals surface area contributed by atoms with Crippen molar-refractivity contribution < 1.29 is 42.9 Å². The number of carboxylic acids is 1. The van der Waals surface area contributed by atoms with Gasteiger partial charge in [-0.2, -0.15) is 0 Å². The van der Waals surface area contributed by atoms with Crippen LogP contribution in [0.1, 0.15) is 206 Å². The van der Waals surface area contributed by atoms with Crippen molar-refractivity contribution in [1.82, 2.24) is 0 Å². The van der Waals surface area contributed by atoms with Gasteiger partial charge in [0.2, 0.25) is 0 Å². The van der Waals surface area contributed by atoms with Crippen molar-refractivity contribution in [2.45, 2.75) is 219 Å². The minimum Gasteiger partial charge on any atom is -0.477 e. The number of nitrogens with zero attached hydrogens (tertiary/aromatic N) is 1. The molecule has 0 aromatic carbocycles. The number of rotatable bonds is 48. The molecule has 0 rings (SSSR count). The molecule has 0 saturated heterocycles. The van der Waals surface area contributed by atoms with Crippen molar-refractivity contribution in [3.8, 4) is 0 Å². The summed E-state index contributed by atoms with van der Waals surface area (Å²) in [6.45, 7) is 4.69. The van der Waals surface area contributed by atoms with E-state index in [1.54, 1.807) is 0 Å². The second-order valence-corrected chi connectivity index (χ2v) is 18.8.